The maximum Gasteiger partial charge on any atom is 0.195 e. The number of nitrogens with one attached hydrogen (secondary N) is 1. The van der Waals surface area contributed by atoms with Gasteiger partial charge in [0.15, 0.2) is 5.78 Å². The SMILES string of the molecule is O=C(c1cc(F)cc(Br)c1)c1c[nH]c2cc(Br)ccc12. The Morgan fingerprint density at radius 1 is 1.05 bits per heavy atom. The molecule has 2 aromatic carbocycles. The minimum absolute atomic E-state index is 0.209. The first-order valence-corrected chi connectivity index (χ1v) is 7.40. The minimum atomic E-state index is -0.440. The molecule has 1 aromatic heterocycles. The van der Waals surface area contributed by atoms with E-state index in [2.05, 4.69) is 36.8 Å². The summed E-state index contributed by atoms with van der Waals surface area (Å²) in [6.45, 7) is 0. The number of benzene rings is 2. The molecule has 1 N–H and O–H groups in total. The Hall–Kier alpha value is -1.46. The fourth-order valence-corrected chi connectivity index (χ4v) is 2.95. The van der Waals surface area contributed by atoms with Gasteiger partial charge < -0.3 is 4.98 Å². The lowest BCUT2D eigenvalue weighted by Gasteiger charge is -2.02. The number of rotatable bonds is 2. The molecule has 0 saturated heterocycles. The maximum atomic E-state index is 13.4. The van der Waals surface area contributed by atoms with Crippen molar-refractivity contribution in [2.45, 2.75) is 0 Å². The van der Waals surface area contributed by atoms with Crippen molar-refractivity contribution < 1.29 is 9.18 Å². The largest absolute Gasteiger partial charge is 0.360 e. The van der Waals surface area contributed by atoms with E-state index in [-0.39, 0.29) is 5.78 Å². The van der Waals surface area contributed by atoms with Crippen molar-refractivity contribution in [2.75, 3.05) is 0 Å². The van der Waals surface area contributed by atoms with Crippen LogP contribution in [0.25, 0.3) is 10.9 Å². The van der Waals surface area contributed by atoms with E-state index < -0.39 is 5.82 Å². The molecule has 0 radical (unpaired) electrons. The van der Waals surface area contributed by atoms with Crippen molar-refractivity contribution in [3.05, 3.63) is 68.5 Å². The number of carbonyl (C=O) groups excluding carboxylic acids is 1. The summed E-state index contributed by atoms with van der Waals surface area (Å²) in [5.74, 6) is -0.649. The molecule has 3 aromatic rings. The van der Waals surface area contributed by atoms with Crippen molar-refractivity contribution >= 4 is 48.5 Å². The van der Waals surface area contributed by atoms with Crippen LogP contribution in [0.5, 0.6) is 0 Å². The molecule has 20 heavy (non-hydrogen) atoms. The number of fused-ring (bicyclic) bond motifs is 1. The second-order valence-electron chi connectivity index (χ2n) is 4.38. The molecule has 2 nitrogen and oxygen atoms in total. The fourth-order valence-electron chi connectivity index (χ4n) is 2.13. The monoisotopic (exact) mass is 395 g/mol. The third-order valence-corrected chi connectivity index (χ3v) is 3.96. The summed E-state index contributed by atoms with van der Waals surface area (Å²) in [5, 5.41) is 0.818. The Bertz CT molecular complexity index is 806. The third-order valence-electron chi connectivity index (χ3n) is 3.01. The number of aromatic nitrogens is 1. The first-order valence-electron chi connectivity index (χ1n) is 5.82. The van der Waals surface area contributed by atoms with Crippen LogP contribution >= 0.6 is 31.9 Å². The van der Waals surface area contributed by atoms with Gasteiger partial charge in [-0.05, 0) is 30.3 Å². The van der Waals surface area contributed by atoms with Crippen LogP contribution in [-0.2, 0) is 0 Å². The number of ketones is 1. The van der Waals surface area contributed by atoms with Gasteiger partial charge >= 0.3 is 0 Å². The third kappa shape index (κ3) is 2.43. The number of aromatic amines is 1. The lowest BCUT2D eigenvalue weighted by molar-refractivity contribution is 0.104. The van der Waals surface area contributed by atoms with Crippen LogP contribution in [0.1, 0.15) is 15.9 Å². The molecule has 0 aliphatic rings. The zero-order valence-corrected chi connectivity index (χ0v) is 13.3. The van der Waals surface area contributed by atoms with E-state index in [1.165, 1.54) is 12.1 Å². The van der Waals surface area contributed by atoms with Gasteiger partial charge in [0.25, 0.3) is 0 Å². The van der Waals surface area contributed by atoms with E-state index in [1.54, 1.807) is 12.3 Å². The zero-order valence-electron chi connectivity index (χ0n) is 10.1. The normalized spacial score (nSPS) is 10.9. The van der Waals surface area contributed by atoms with Crippen molar-refractivity contribution in [3.8, 4) is 0 Å². The van der Waals surface area contributed by atoms with Gasteiger partial charge in [0.05, 0.1) is 0 Å². The van der Waals surface area contributed by atoms with Crippen molar-refractivity contribution in [1.82, 2.24) is 4.98 Å². The van der Waals surface area contributed by atoms with E-state index in [1.807, 2.05) is 18.2 Å². The summed E-state index contributed by atoms with van der Waals surface area (Å²) in [4.78, 5) is 15.5. The molecule has 0 spiro atoms. The van der Waals surface area contributed by atoms with Gasteiger partial charge in [-0.3, -0.25) is 4.79 Å². The summed E-state index contributed by atoms with van der Waals surface area (Å²) in [5.41, 5.74) is 1.71. The van der Waals surface area contributed by atoms with Crippen molar-refractivity contribution in [3.63, 3.8) is 0 Å². The van der Waals surface area contributed by atoms with E-state index in [4.69, 9.17) is 0 Å². The Balaban J connectivity index is 2.12. The number of hydrogen-bond donors (Lipinski definition) is 1. The van der Waals surface area contributed by atoms with Crippen LogP contribution in [0.15, 0.2) is 51.5 Å². The quantitative estimate of drug-likeness (QED) is 0.603. The molecule has 0 unspecified atom stereocenters. The summed E-state index contributed by atoms with van der Waals surface area (Å²) >= 11 is 6.58. The molecule has 0 fully saturated rings. The number of hydrogen-bond acceptors (Lipinski definition) is 1. The Morgan fingerprint density at radius 2 is 1.85 bits per heavy atom. The van der Waals surface area contributed by atoms with Gasteiger partial charge in [-0.2, -0.15) is 0 Å². The van der Waals surface area contributed by atoms with Crippen molar-refractivity contribution in [1.29, 1.82) is 0 Å². The molecule has 5 heteroatoms. The molecule has 0 amide bonds. The molecule has 0 bridgehead atoms. The summed E-state index contributed by atoms with van der Waals surface area (Å²) in [6, 6.07) is 9.80. The summed E-state index contributed by atoms with van der Waals surface area (Å²) in [7, 11) is 0. The molecular weight excluding hydrogens is 389 g/mol. The highest BCUT2D eigenvalue weighted by Crippen LogP contribution is 2.25. The predicted molar refractivity (Wildman–Crippen MR) is 83.5 cm³/mol. The highest BCUT2D eigenvalue weighted by Gasteiger charge is 2.15. The van der Waals surface area contributed by atoms with E-state index in [0.29, 0.717) is 15.6 Å². The van der Waals surface area contributed by atoms with Crippen LogP contribution in [0.3, 0.4) is 0 Å². The Morgan fingerprint density at radius 3 is 2.60 bits per heavy atom. The van der Waals surface area contributed by atoms with Gasteiger partial charge in [0.2, 0.25) is 0 Å². The smallest absolute Gasteiger partial charge is 0.195 e. The summed E-state index contributed by atoms with van der Waals surface area (Å²) in [6.07, 6.45) is 1.65. The van der Waals surface area contributed by atoms with Crippen LogP contribution < -0.4 is 0 Å². The van der Waals surface area contributed by atoms with E-state index >= 15 is 0 Å². The van der Waals surface area contributed by atoms with E-state index in [0.717, 1.165) is 15.4 Å². The number of halogens is 3. The first-order chi connectivity index (χ1) is 9.54. The fraction of sp³-hybridized carbons (Fsp3) is 0. The number of H-pyrrole nitrogens is 1. The molecule has 0 aliphatic heterocycles. The van der Waals surface area contributed by atoms with Crippen LogP contribution in [0.4, 0.5) is 4.39 Å². The van der Waals surface area contributed by atoms with Crippen LogP contribution in [0, 0.1) is 5.82 Å². The average Bonchev–Trinajstić information content (AvgIpc) is 2.79. The van der Waals surface area contributed by atoms with Gasteiger partial charge in [-0.25, -0.2) is 4.39 Å². The second-order valence-corrected chi connectivity index (χ2v) is 6.21. The molecule has 100 valence electrons. The highest BCUT2D eigenvalue weighted by molar-refractivity contribution is 9.10. The topological polar surface area (TPSA) is 32.9 Å². The van der Waals surface area contributed by atoms with Gasteiger partial charge in [0, 0.05) is 37.2 Å². The highest BCUT2D eigenvalue weighted by atomic mass is 79.9. The Labute approximate surface area is 131 Å². The van der Waals surface area contributed by atoms with Crippen molar-refractivity contribution in [2.24, 2.45) is 0 Å². The lowest BCUT2D eigenvalue weighted by Crippen LogP contribution is -2.01. The molecular formula is C15H8Br2FNO. The molecule has 0 atom stereocenters. The molecule has 3 rings (SSSR count). The second kappa shape index (κ2) is 5.14. The summed E-state index contributed by atoms with van der Waals surface area (Å²) < 4.78 is 14.9. The predicted octanol–water partition coefficient (Wildman–Crippen LogP) is 5.06. The van der Waals surface area contributed by atoms with Crippen LogP contribution in [-0.4, -0.2) is 10.8 Å². The van der Waals surface area contributed by atoms with E-state index in [9.17, 15) is 9.18 Å². The van der Waals surface area contributed by atoms with Crippen LogP contribution in [0.2, 0.25) is 0 Å². The first kappa shape index (κ1) is 13.5. The maximum absolute atomic E-state index is 13.4. The molecule has 0 saturated carbocycles. The lowest BCUT2D eigenvalue weighted by atomic mass is 10.0. The minimum Gasteiger partial charge on any atom is -0.360 e. The molecule has 1 heterocycles. The van der Waals surface area contributed by atoms with Gasteiger partial charge in [-0.15, -0.1) is 0 Å². The standard InChI is InChI=1S/C15H8Br2FNO/c16-9-1-2-12-13(7-19-14(12)6-9)15(20)8-3-10(17)5-11(18)4-8/h1-7,19H. The Kier molecular flexibility index (Phi) is 3.48. The zero-order chi connectivity index (χ0) is 14.3. The molecule has 0 aliphatic carbocycles. The average molecular weight is 397 g/mol. The van der Waals surface area contributed by atoms with Gasteiger partial charge in [-0.1, -0.05) is 37.9 Å². The van der Waals surface area contributed by atoms with Gasteiger partial charge in [0.1, 0.15) is 5.82 Å². The number of carbonyl (C=O) groups is 1.